The summed E-state index contributed by atoms with van der Waals surface area (Å²) in [5.74, 6) is 0.699. The number of morpholine rings is 1. The molecule has 1 fully saturated rings. The smallest absolute Gasteiger partial charge is 0.224 e. The van der Waals surface area contributed by atoms with Gasteiger partial charge in [0.1, 0.15) is 0 Å². The van der Waals surface area contributed by atoms with Gasteiger partial charge in [0.05, 0.1) is 19.6 Å². The van der Waals surface area contributed by atoms with Crippen molar-refractivity contribution in [3.63, 3.8) is 0 Å². The molecule has 1 aromatic carbocycles. The second-order valence-corrected chi connectivity index (χ2v) is 7.55. The standard InChI is InChI=1S/C22H33N3O2/c1-4-17(5-2)21(25-10-12-27-13-11-25)15-23-22(26)14-19-16(3)24-20-9-7-6-8-18(19)20/h6-9,17,21,24H,4-5,10-15H2,1-3H3,(H,23,26). The first-order valence-electron chi connectivity index (χ1n) is 10.3. The Bertz CT molecular complexity index is 745. The largest absolute Gasteiger partial charge is 0.379 e. The van der Waals surface area contributed by atoms with Crippen LogP contribution in [0.15, 0.2) is 24.3 Å². The molecular formula is C22H33N3O2. The van der Waals surface area contributed by atoms with E-state index < -0.39 is 0 Å². The van der Waals surface area contributed by atoms with Crippen LogP contribution in [-0.2, 0) is 16.0 Å². The Balaban J connectivity index is 1.65. The average molecular weight is 372 g/mol. The Morgan fingerprint density at radius 2 is 1.93 bits per heavy atom. The maximum absolute atomic E-state index is 12.7. The van der Waals surface area contributed by atoms with Gasteiger partial charge in [0, 0.05) is 42.3 Å². The van der Waals surface area contributed by atoms with Crippen molar-refractivity contribution >= 4 is 16.8 Å². The van der Waals surface area contributed by atoms with E-state index in [4.69, 9.17) is 4.74 Å². The van der Waals surface area contributed by atoms with E-state index in [1.807, 2.05) is 19.1 Å². The highest BCUT2D eigenvalue weighted by atomic mass is 16.5. The summed E-state index contributed by atoms with van der Waals surface area (Å²) in [4.78, 5) is 18.6. The molecule has 0 aliphatic carbocycles. The highest BCUT2D eigenvalue weighted by Gasteiger charge is 2.27. The number of aromatic amines is 1. The third-order valence-electron chi connectivity index (χ3n) is 5.98. The SMILES string of the molecule is CCC(CC)C(CNC(=O)Cc1c(C)[nH]c2ccccc12)N1CCOCC1. The van der Waals surface area contributed by atoms with Gasteiger partial charge < -0.3 is 15.0 Å². The number of carbonyl (C=O) groups excluding carboxylic acids is 1. The highest BCUT2D eigenvalue weighted by Crippen LogP contribution is 2.23. The zero-order valence-electron chi connectivity index (χ0n) is 16.9. The van der Waals surface area contributed by atoms with Crippen molar-refractivity contribution in [1.29, 1.82) is 0 Å². The molecule has 1 aliphatic rings. The molecule has 27 heavy (non-hydrogen) atoms. The van der Waals surface area contributed by atoms with Crippen LogP contribution in [0.25, 0.3) is 10.9 Å². The minimum Gasteiger partial charge on any atom is -0.379 e. The third kappa shape index (κ3) is 4.71. The third-order valence-corrected chi connectivity index (χ3v) is 5.98. The molecule has 5 heteroatoms. The van der Waals surface area contributed by atoms with Crippen LogP contribution >= 0.6 is 0 Å². The number of fused-ring (bicyclic) bond motifs is 1. The van der Waals surface area contributed by atoms with Gasteiger partial charge in [-0.1, -0.05) is 44.9 Å². The first kappa shape index (κ1) is 19.9. The Morgan fingerprint density at radius 1 is 1.22 bits per heavy atom. The fourth-order valence-electron chi connectivity index (χ4n) is 4.34. The van der Waals surface area contributed by atoms with Gasteiger partial charge in [0.25, 0.3) is 0 Å². The molecule has 5 nitrogen and oxygen atoms in total. The molecule has 2 N–H and O–H groups in total. The second kappa shape index (κ2) is 9.38. The Labute approximate surface area is 162 Å². The van der Waals surface area contributed by atoms with E-state index in [9.17, 15) is 4.79 Å². The van der Waals surface area contributed by atoms with E-state index in [1.54, 1.807) is 0 Å². The molecule has 1 saturated heterocycles. The summed E-state index contributed by atoms with van der Waals surface area (Å²) in [6.45, 7) is 10.8. The molecule has 2 aromatic rings. The highest BCUT2D eigenvalue weighted by molar-refractivity contribution is 5.90. The fraction of sp³-hybridized carbons (Fsp3) is 0.591. The zero-order valence-corrected chi connectivity index (χ0v) is 16.9. The van der Waals surface area contributed by atoms with Crippen molar-refractivity contribution in [3.05, 3.63) is 35.5 Å². The summed E-state index contributed by atoms with van der Waals surface area (Å²) in [6, 6.07) is 8.58. The lowest BCUT2D eigenvalue weighted by Gasteiger charge is -2.38. The number of nitrogens with zero attached hydrogens (tertiary/aromatic N) is 1. The number of carbonyl (C=O) groups is 1. The zero-order chi connectivity index (χ0) is 19.2. The van der Waals surface area contributed by atoms with E-state index in [1.165, 1.54) is 0 Å². The molecule has 1 aliphatic heterocycles. The maximum Gasteiger partial charge on any atom is 0.224 e. The van der Waals surface area contributed by atoms with Crippen molar-refractivity contribution in [1.82, 2.24) is 15.2 Å². The van der Waals surface area contributed by atoms with Crippen LogP contribution in [-0.4, -0.2) is 54.7 Å². The van der Waals surface area contributed by atoms with Gasteiger partial charge in [-0.15, -0.1) is 0 Å². The van der Waals surface area contributed by atoms with E-state index >= 15 is 0 Å². The molecule has 1 unspecified atom stereocenters. The number of H-pyrrole nitrogens is 1. The summed E-state index contributed by atoms with van der Waals surface area (Å²) in [5, 5.41) is 4.37. The van der Waals surface area contributed by atoms with E-state index in [-0.39, 0.29) is 5.91 Å². The van der Waals surface area contributed by atoms with Crippen molar-refractivity contribution < 1.29 is 9.53 Å². The van der Waals surface area contributed by atoms with E-state index in [2.05, 4.69) is 41.2 Å². The van der Waals surface area contributed by atoms with E-state index in [0.717, 1.165) is 61.3 Å². The normalized spacial score (nSPS) is 16.7. The Kier molecular flexibility index (Phi) is 6.91. The lowest BCUT2D eigenvalue weighted by atomic mass is 9.92. The predicted octanol–water partition coefficient (Wildman–Crippen LogP) is 3.27. The molecular weight excluding hydrogens is 338 g/mol. The minimum absolute atomic E-state index is 0.104. The van der Waals surface area contributed by atoms with Crippen molar-refractivity contribution in [2.75, 3.05) is 32.8 Å². The van der Waals surface area contributed by atoms with Crippen LogP contribution in [0.4, 0.5) is 0 Å². The first-order chi connectivity index (χ1) is 13.1. The summed E-state index contributed by atoms with van der Waals surface area (Å²) >= 11 is 0. The van der Waals surface area contributed by atoms with Gasteiger partial charge in [-0.05, 0) is 24.5 Å². The Morgan fingerprint density at radius 3 is 2.63 bits per heavy atom. The molecule has 1 amide bonds. The number of aryl methyl sites for hydroxylation is 1. The molecule has 0 spiro atoms. The van der Waals surface area contributed by atoms with Crippen LogP contribution in [0.1, 0.15) is 37.9 Å². The van der Waals surface area contributed by atoms with Gasteiger partial charge in [-0.3, -0.25) is 9.69 Å². The number of amides is 1. The number of ether oxygens (including phenoxy) is 1. The molecule has 1 atom stereocenters. The molecule has 0 bridgehead atoms. The minimum atomic E-state index is 0.104. The fourth-order valence-corrected chi connectivity index (χ4v) is 4.34. The summed E-state index contributed by atoms with van der Waals surface area (Å²) in [5.41, 5.74) is 3.28. The summed E-state index contributed by atoms with van der Waals surface area (Å²) in [6.07, 6.45) is 2.69. The van der Waals surface area contributed by atoms with Crippen LogP contribution in [0.3, 0.4) is 0 Å². The number of hydrogen-bond acceptors (Lipinski definition) is 3. The van der Waals surface area contributed by atoms with Crippen molar-refractivity contribution in [3.8, 4) is 0 Å². The summed E-state index contributed by atoms with van der Waals surface area (Å²) in [7, 11) is 0. The predicted molar refractivity (Wildman–Crippen MR) is 110 cm³/mol. The van der Waals surface area contributed by atoms with Crippen molar-refractivity contribution in [2.24, 2.45) is 5.92 Å². The number of hydrogen-bond donors (Lipinski definition) is 2. The topological polar surface area (TPSA) is 57.4 Å². The maximum atomic E-state index is 12.7. The lowest BCUT2D eigenvalue weighted by molar-refractivity contribution is -0.120. The molecule has 1 aromatic heterocycles. The van der Waals surface area contributed by atoms with Crippen LogP contribution < -0.4 is 5.32 Å². The number of aromatic nitrogens is 1. The first-order valence-corrected chi connectivity index (χ1v) is 10.3. The quantitative estimate of drug-likeness (QED) is 0.749. The summed E-state index contributed by atoms with van der Waals surface area (Å²) < 4.78 is 5.51. The van der Waals surface area contributed by atoms with Crippen LogP contribution in [0, 0.1) is 12.8 Å². The van der Waals surface area contributed by atoms with Crippen LogP contribution in [0.5, 0.6) is 0 Å². The molecule has 0 saturated carbocycles. The number of rotatable bonds is 8. The molecule has 148 valence electrons. The molecule has 3 rings (SSSR count). The Hall–Kier alpha value is -1.85. The second-order valence-electron chi connectivity index (χ2n) is 7.55. The van der Waals surface area contributed by atoms with Gasteiger partial charge in [-0.25, -0.2) is 0 Å². The number of benzene rings is 1. The van der Waals surface area contributed by atoms with Crippen LogP contribution in [0.2, 0.25) is 0 Å². The molecule has 2 heterocycles. The van der Waals surface area contributed by atoms with E-state index in [0.29, 0.717) is 24.9 Å². The van der Waals surface area contributed by atoms with Gasteiger partial charge in [0.2, 0.25) is 5.91 Å². The van der Waals surface area contributed by atoms with Crippen molar-refractivity contribution in [2.45, 2.75) is 46.1 Å². The van der Waals surface area contributed by atoms with Gasteiger partial charge in [-0.2, -0.15) is 0 Å². The monoisotopic (exact) mass is 371 g/mol. The average Bonchev–Trinajstić information content (AvgIpc) is 3.01. The lowest BCUT2D eigenvalue weighted by Crippen LogP contribution is -2.52. The number of para-hydroxylation sites is 1. The van der Waals surface area contributed by atoms with Gasteiger partial charge >= 0.3 is 0 Å². The molecule has 0 radical (unpaired) electrons. The van der Waals surface area contributed by atoms with Gasteiger partial charge in [0.15, 0.2) is 0 Å². The number of nitrogens with one attached hydrogen (secondary N) is 2.